The van der Waals surface area contributed by atoms with E-state index in [9.17, 15) is 4.79 Å². The molecule has 0 bridgehead atoms. The Bertz CT molecular complexity index is 563. The number of aromatic nitrogens is 1. The average molecular weight is 273 g/mol. The van der Waals surface area contributed by atoms with Gasteiger partial charge >= 0.3 is 5.97 Å². The summed E-state index contributed by atoms with van der Waals surface area (Å²) in [6.07, 6.45) is 1.32. The molecule has 1 N–H and O–H groups in total. The van der Waals surface area contributed by atoms with Gasteiger partial charge < -0.3 is 14.6 Å². The molecule has 2 aromatic rings. The predicted molar refractivity (Wildman–Crippen MR) is 73.1 cm³/mol. The van der Waals surface area contributed by atoms with E-state index >= 15 is 0 Å². The summed E-state index contributed by atoms with van der Waals surface area (Å²) in [4.78, 5) is 14.7. The van der Waals surface area contributed by atoms with Gasteiger partial charge in [-0.2, -0.15) is 0 Å². The summed E-state index contributed by atoms with van der Waals surface area (Å²) < 4.78 is 10.9. The quantitative estimate of drug-likeness (QED) is 0.876. The van der Waals surface area contributed by atoms with Crippen LogP contribution in [0.25, 0.3) is 0 Å². The molecule has 0 aliphatic heterocycles. The summed E-state index contributed by atoms with van der Waals surface area (Å²) in [5.41, 5.74) is 0.832. The maximum absolute atomic E-state index is 10.7. The zero-order valence-corrected chi connectivity index (χ0v) is 11.1. The van der Waals surface area contributed by atoms with Crippen LogP contribution in [0.2, 0.25) is 0 Å². The molecule has 0 aliphatic carbocycles. The van der Waals surface area contributed by atoms with E-state index in [2.05, 4.69) is 4.98 Å². The van der Waals surface area contributed by atoms with E-state index in [1.807, 2.05) is 31.2 Å². The first-order valence-corrected chi connectivity index (χ1v) is 6.23. The first kappa shape index (κ1) is 13.9. The van der Waals surface area contributed by atoms with Crippen LogP contribution in [0.15, 0.2) is 42.6 Å². The lowest BCUT2D eigenvalue weighted by molar-refractivity contribution is 0.0696. The van der Waals surface area contributed by atoms with Gasteiger partial charge in [-0.25, -0.2) is 4.79 Å². The van der Waals surface area contributed by atoms with Crippen molar-refractivity contribution in [3.05, 3.63) is 53.9 Å². The highest BCUT2D eigenvalue weighted by atomic mass is 16.5. The van der Waals surface area contributed by atoms with Crippen LogP contribution in [-0.2, 0) is 6.61 Å². The van der Waals surface area contributed by atoms with Crippen molar-refractivity contribution in [2.24, 2.45) is 0 Å². The van der Waals surface area contributed by atoms with E-state index in [4.69, 9.17) is 14.6 Å². The molecular formula is C15H15NO4. The second kappa shape index (κ2) is 6.56. The Hall–Kier alpha value is -2.56. The molecule has 20 heavy (non-hydrogen) atoms. The molecule has 2 rings (SSSR count). The topological polar surface area (TPSA) is 68.7 Å². The predicted octanol–water partition coefficient (Wildman–Crippen LogP) is 2.76. The largest absolute Gasteiger partial charge is 0.494 e. The van der Waals surface area contributed by atoms with Gasteiger partial charge in [0.25, 0.3) is 0 Å². The van der Waals surface area contributed by atoms with Crippen LogP contribution in [-0.4, -0.2) is 22.7 Å². The Kier molecular flexibility index (Phi) is 4.55. The number of aromatic carboxylic acids is 1. The maximum Gasteiger partial charge on any atom is 0.337 e. The number of hydrogen-bond acceptors (Lipinski definition) is 4. The Morgan fingerprint density at radius 1 is 1.10 bits per heavy atom. The van der Waals surface area contributed by atoms with Crippen LogP contribution < -0.4 is 9.47 Å². The Balaban J connectivity index is 1.92. The van der Waals surface area contributed by atoms with E-state index in [0.29, 0.717) is 18.1 Å². The van der Waals surface area contributed by atoms with Crippen LogP contribution in [0, 0.1) is 0 Å². The summed E-state index contributed by atoms with van der Waals surface area (Å²) in [6.45, 7) is 2.84. The number of carbonyl (C=O) groups is 1. The van der Waals surface area contributed by atoms with Gasteiger partial charge in [0.2, 0.25) is 0 Å². The van der Waals surface area contributed by atoms with Crippen molar-refractivity contribution in [2.45, 2.75) is 13.5 Å². The van der Waals surface area contributed by atoms with Crippen LogP contribution in [0.3, 0.4) is 0 Å². The van der Waals surface area contributed by atoms with E-state index in [-0.39, 0.29) is 12.2 Å². The Morgan fingerprint density at radius 3 is 2.25 bits per heavy atom. The fourth-order valence-electron chi connectivity index (χ4n) is 1.59. The van der Waals surface area contributed by atoms with Crippen LogP contribution in [0.1, 0.15) is 23.0 Å². The molecule has 0 saturated carbocycles. The monoisotopic (exact) mass is 273 g/mol. The summed E-state index contributed by atoms with van der Waals surface area (Å²) in [5.74, 6) is 0.512. The molecule has 1 aromatic carbocycles. The van der Waals surface area contributed by atoms with Crippen molar-refractivity contribution in [1.82, 2.24) is 4.98 Å². The normalized spacial score (nSPS) is 10.1. The van der Waals surface area contributed by atoms with Crippen molar-refractivity contribution in [3.63, 3.8) is 0 Å². The van der Waals surface area contributed by atoms with Gasteiger partial charge in [-0.05, 0) is 43.3 Å². The molecule has 5 nitrogen and oxygen atoms in total. The first-order valence-electron chi connectivity index (χ1n) is 6.23. The molecule has 1 heterocycles. The fraction of sp³-hybridized carbons (Fsp3) is 0.200. The van der Waals surface area contributed by atoms with Crippen LogP contribution in [0.5, 0.6) is 11.5 Å². The lowest BCUT2D eigenvalue weighted by Crippen LogP contribution is -2.01. The number of ether oxygens (including phenoxy) is 2. The number of carboxylic acids is 1. The summed E-state index contributed by atoms with van der Waals surface area (Å²) in [7, 11) is 0. The van der Waals surface area contributed by atoms with Crippen molar-refractivity contribution in [1.29, 1.82) is 0 Å². The molecular weight excluding hydrogens is 258 g/mol. The zero-order valence-electron chi connectivity index (χ0n) is 11.1. The van der Waals surface area contributed by atoms with E-state index < -0.39 is 5.97 Å². The van der Waals surface area contributed by atoms with E-state index in [1.54, 1.807) is 6.07 Å². The number of hydrogen-bond donors (Lipinski definition) is 1. The molecule has 0 unspecified atom stereocenters. The lowest BCUT2D eigenvalue weighted by atomic mass is 10.2. The first-order chi connectivity index (χ1) is 9.69. The maximum atomic E-state index is 10.7. The fourth-order valence-corrected chi connectivity index (χ4v) is 1.59. The third-order valence-corrected chi connectivity index (χ3v) is 2.59. The minimum atomic E-state index is -0.989. The van der Waals surface area contributed by atoms with Crippen molar-refractivity contribution in [3.8, 4) is 11.5 Å². The minimum absolute atomic E-state index is 0.162. The molecule has 1 aromatic heterocycles. The molecule has 0 amide bonds. The van der Waals surface area contributed by atoms with E-state index in [0.717, 1.165) is 5.75 Å². The number of rotatable bonds is 6. The summed E-state index contributed by atoms with van der Waals surface area (Å²) >= 11 is 0. The van der Waals surface area contributed by atoms with Gasteiger partial charge in [0.15, 0.2) is 0 Å². The highest BCUT2D eigenvalue weighted by molar-refractivity contribution is 5.87. The molecule has 0 spiro atoms. The summed E-state index contributed by atoms with van der Waals surface area (Å²) in [6, 6.07) is 10.4. The average Bonchev–Trinajstić information content (AvgIpc) is 2.47. The SMILES string of the molecule is CCOc1ccc(OCc2ccc(C(=O)O)cn2)cc1. The number of pyridine rings is 1. The molecule has 0 aliphatic rings. The van der Waals surface area contributed by atoms with Gasteiger partial charge in [-0.1, -0.05) is 0 Å². The van der Waals surface area contributed by atoms with Gasteiger partial charge in [0.1, 0.15) is 18.1 Å². The highest BCUT2D eigenvalue weighted by Crippen LogP contribution is 2.18. The molecule has 0 radical (unpaired) electrons. The number of carboxylic acid groups (broad SMARTS) is 1. The second-order valence-electron chi connectivity index (χ2n) is 4.04. The van der Waals surface area contributed by atoms with Gasteiger partial charge in [-0.15, -0.1) is 0 Å². The van der Waals surface area contributed by atoms with Crippen molar-refractivity contribution >= 4 is 5.97 Å². The Labute approximate surface area is 116 Å². The van der Waals surface area contributed by atoms with Crippen LogP contribution >= 0.6 is 0 Å². The van der Waals surface area contributed by atoms with Crippen molar-refractivity contribution < 1.29 is 19.4 Å². The molecule has 0 atom stereocenters. The number of benzene rings is 1. The second-order valence-corrected chi connectivity index (χ2v) is 4.04. The number of nitrogens with zero attached hydrogens (tertiary/aromatic N) is 1. The third-order valence-electron chi connectivity index (χ3n) is 2.59. The van der Waals surface area contributed by atoms with Crippen molar-refractivity contribution in [2.75, 3.05) is 6.61 Å². The van der Waals surface area contributed by atoms with Gasteiger partial charge in [-0.3, -0.25) is 4.98 Å². The molecule has 5 heteroatoms. The van der Waals surface area contributed by atoms with Crippen LogP contribution in [0.4, 0.5) is 0 Å². The highest BCUT2D eigenvalue weighted by Gasteiger charge is 2.03. The molecule has 104 valence electrons. The standard InChI is InChI=1S/C15H15NO4/c1-2-19-13-5-7-14(8-6-13)20-10-12-4-3-11(9-16-12)15(17)18/h3-9H,2,10H2,1H3,(H,17,18). The summed E-state index contributed by atoms with van der Waals surface area (Å²) in [5, 5.41) is 8.77. The minimum Gasteiger partial charge on any atom is -0.494 e. The van der Waals surface area contributed by atoms with Gasteiger partial charge in [0.05, 0.1) is 17.9 Å². The Morgan fingerprint density at radius 2 is 1.75 bits per heavy atom. The lowest BCUT2D eigenvalue weighted by Gasteiger charge is -2.07. The van der Waals surface area contributed by atoms with E-state index in [1.165, 1.54) is 12.3 Å². The molecule has 0 saturated heterocycles. The zero-order chi connectivity index (χ0) is 14.4. The third kappa shape index (κ3) is 3.71. The molecule has 0 fully saturated rings. The smallest absolute Gasteiger partial charge is 0.337 e. The van der Waals surface area contributed by atoms with Gasteiger partial charge in [0, 0.05) is 6.20 Å².